The van der Waals surface area contributed by atoms with Crippen LogP contribution in [-0.2, 0) is 6.42 Å². The summed E-state index contributed by atoms with van der Waals surface area (Å²) in [5, 5.41) is 0. The molecule has 1 aromatic rings. The summed E-state index contributed by atoms with van der Waals surface area (Å²) in [6.07, 6.45) is 5.59. The number of fused-ring (bicyclic) bond motifs is 5. The number of benzene rings is 1. The average molecular weight is 256 g/mol. The van der Waals surface area contributed by atoms with Crippen molar-refractivity contribution >= 4 is 0 Å². The Morgan fingerprint density at radius 3 is 2.37 bits per heavy atom. The van der Waals surface area contributed by atoms with Crippen LogP contribution < -0.4 is 11.3 Å². The monoisotopic (exact) mass is 256 g/mol. The van der Waals surface area contributed by atoms with Crippen LogP contribution in [0.5, 0.6) is 0 Å². The fraction of sp³-hybridized carbons (Fsp3) is 0.647. The van der Waals surface area contributed by atoms with Crippen molar-refractivity contribution in [2.24, 2.45) is 35.4 Å². The summed E-state index contributed by atoms with van der Waals surface area (Å²) in [5.41, 5.74) is 5.88. The van der Waals surface area contributed by atoms with Crippen molar-refractivity contribution in [3.05, 3.63) is 35.4 Å². The summed E-state index contributed by atoms with van der Waals surface area (Å²) in [5.74, 6) is 10.8. The molecule has 3 aliphatic carbocycles. The molecular weight excluding hydrogens is 232 g/mol. The first-order chi connectivity index (χ1) is 9.28. The minimum Gasteiger partial charge on any atom is -0.271 e. The highest BCUT2D eigenvalue weighted by atomic mass is 15.2. The molecule has 102 valence electrons. The molecule has 2 heteroatoms. The zero-order valence-corrected chi connectivity index (χ0v) is 11.7. The lowest BCUT2D eigenvalue weighted by atomic mass is 9.93. The molecule has 3 aliphatic rings. The summed E-state index contributed by atoms with van der Waals surface area (Å²) in [6.45, 7) is 2.14. The molecule has 19 heavy (non-hydrogen) atoms. The number of hydrazine groups is 1. The summed E-state index contributed by atoms with van der Waals surface area (Å²) in [6, 6.07) is 9.42. The van der Waals surface area contributed by atoms with E-state index in [-0.39, 0.29) is 0 Å². The molecule has 3 N–H and O–H groups in total. The van der Waals surface area contributed by atoms with Crippen molar-refractivity contribution in [1.29, 1.82) is 0 Å². The molecule has 3 fully saturated rings. The summed E-state index contributed by atoms with van der Waals surface area (Å²) in [4.78, 5) is 0. The van der Waals surface area contributed by atoms with E-state index in [1.165, 1.54) is 30.4 Å². The van der Waals surface area contributed by atoms with Gasteiger partial charge in [0.1, 0.15) is 0 Å². The Hall–Kier alpha value is -0.860. The number of hydrogen-bond donors (Lipinski definition) is 2. The van der Waals surface area contributed by atoms with Gasteiger partial charge in [0, 0.05) is 6.04 Å². The first-order valence-corrected chi connectivity index (χ1v) is 7.79. The maximum absolute atomic E-state index is 5.86. The van der Waals surface area contributed by atoms with E-state index in [1.807, 2.05) is 0 Å². The molecule has 4 rings (SSSR count). The minimum atomic E-state index is 0.487. The Morgan fingerprint density at radius 2 is 1.79 bits per heavy atom. The van der Waals surface area contributed by atoms with E-state index >= 15 is 0 Å². The van der Waals surface area contributed by atoms with E-state index in [2.05, 4.69) is 36.6 Å². The number of nitrogens with one attached hydrogen (secondary N) is 1. The van der Waals surface area contributed by atoms with Crippen LogP contribution in [0.15, 0.2) is 24.3 Å². The van der Waals surface area contributed by atoms with Crippen LogP contribution in [0.25, 0.3) is 0 Å². The first kappa shape index (κ1) is 11.9. The SMILES string of the molecule is Cc1ccc(CC(NN)C2C3C4CCC(C4)C32)cc1. The molecule has 0 amide bonds. The lowest BCUT2D eigenvalue weighted by Gasteiger charge is -2.20. The van der Waals surface area contributed by atoms with E-state index < -0.39 is 0 Å². The smallest absolute Gasteiger partial charge is 0.0284 e. The van der Waals surface area contributed by atoms with E-state index in [9.17, 15) is 0 Å². The minimum absolute atomic E-state index is 0.487. The van der Waals surface area contributed by atoms with E-state index in [0.717, 1.165) is 36.0 Å². The van der Waals surface area contributed by atoms with E-state index in [0.29, 0.717) is 6.04 Å². The van der Waals surface area contributed by atoms with Gasteiger partial charge in [-0.25, -0.2) is 0 Å². The predicted molar refractivity (Wildman–Crippen MR) is 77.3 cm³/mol. The Kier molecular flexibility index (Phi) is 2.71. The zero-order valence-electron chi connectivity index (χ0n) is 11.7. The maximum Gasteiger partial charge on any atom is 0.0284 e. The van der Waals surface area contributed by atoms with Crippen molar-refractivity contribution in [2.75, 3.05) is 0 Å². The second kappa shape index (κ2) is 4.32. The number of hydrogen-bond acceptors (Lipinski definition) is 2. The highest BCUT2D eigenvalue weighted by Gasteiger charge is 2.66. The van der Waals surface area contributed by atoms with Crippen LogP contribution in [0, 0.1) is 36.5 Å². The van der Waals surface area contributed by atoms with Gasteiger partial charge in [-0.15, -0.1) is 0 Å². The highest BCUT2D eigenvalue weighted by molar-refractivity contribution is 5.24. The molecule has 0 saturated heterocycles. The van der Waals surface area contributed by atoms with Gasteiger partial charge in [0.05, 0.1) is 0 Å². The van der Waals surface area contributed by atoms with Crippen molar-refractivity contribution in [1.82, 2.24) is 5.43 Å². The third kappa shape index (κ3) is 1.85. The molecular formula is C17H24N2. The topological polar surface area (TPSA) is 38.0 Å². The van der Waals surface area contributed by atoms with Crippen LogP contribution in [-0.4, -0.2) is 6.04 Å². The molecule has 0 aliphatic heterocycles. The fourth-order valence-corrected chi connectivity index (χ4v) is 5.21. The van der Waals surface area contributed by atoms with Crippen molar-refractivity contribution in [2.45, 2.75) is 38.6 Å². The number of rotatable bonds is 4. The second-order valence-corrected chi connectivity index (χ2v) is 7.03. The Morgan fingerprint density at radius 1 is 1.16 bits per heavy atom. The molecule has 2 bridgehead atoms. The first-order valence-electron chi connectivity index (χ1n) is 7.79. The van der Waals surface area contributed by atoms with Crippen LogP contribution in [0.3, 0.4) is 0 Å². The Balaban J connectivity index is 1.46. The van der Waals surface area contributed by atoms with Gasteiger partial charge >= 0.3 is 0 Å². The van der Waals surface area contributed by atoms with Gasteiger partial charge in [0.15, 0.2) is 0 Å². The maximum atomic E-state index is 5.86. The van der Waals surface area contributed by atoms with Gasteiger partial charge in [-0.05, 0) is 67.8 Å². The van der Waals surface area contributed by atoms with E-state index in [1.54, 1.807) is 0 Å². The van der Waals surface area contributed by atoms with Crippen LogP contribution in [0.4, 0.5) is 0 Å². The molecule has 2 nitrogen and oxygen atoms in total. The molecule has 5 atom stereocenters. The van der Waals surface area contributed by atoms with Gasteiger partial charge in [-0.3, -0.25) is 11.3 Å². The average Bonchev–Trinajstić information content (AvgIpc) is 2.86. The molecule has 5 unspecified atom stereocenters. The largest absolute Gasteiger partial charge is 0.271 e. The number of nitrogens with two attached hydrogens (primary N) is 1. The Labute approximate surface area is 115 Å². The van der Waals surface area contributed by atoms with Crippen molar-refractivity contribution in [3.8, 4) is 0 Å². The molecule has 0 aromatic heterocycles. The molecule has 0 spiro atoms. The van der Waals surface area contributed by atoms with Crippen LogP contribution >= 0.6 is 0 Å². The quantitative estimate of drug-likeness (QED) is 0.642. The van der Waals surface area contributed by atoms with Gasteiger partial charge < -0.3 is 0 Å². The standard InChI is InChI=1S/C17H24N2/c1-10-2-4-11(5-3-10)8-14(19-18)17-15-12-6-7-13(9-12)16(15)17/h2-5,12-17,19H,6-9,18H2,1H3. The van der Waals surface area contributed by atoms with Gasteiger partial charge in [-0.2, -0.15) is 0 Å². The van der Waals surface area contributed by atoms with Crippen molar-refractivity contribution in [3.63, 3.8) is 0 Å². The third-order valence-electron chi connectivity index (χ3n) is 6.05. The predicted octanol–water partition coefficient (Wildman–Crippen LogP) is 2.66. The lowest BCUT2D eigenvalue weighted by Crippen LogP contribution is -2.40. The van der Waals surface area contributed by atoms with Gasteiger partial charge in [0.2, 0.25) is 0 Å². The third-order valence-corrected chi connectivity index (χ3v) is 6.05. The fourth-order valence-electron chi connectivity index (χ4n) is 5.21. The van der Waals surface area contributed by atoms with Crippen LogP contribution in [0.1, 0.15) is 30.4 Å². The van der Waals surface area contributed by atoms with Crippen LogP contribution in [0.2, 0.25) is 0 Å². The van der Waals surface area contributed by atoms with E-state index in [4.69, 9.17) is 5.84 Å². The number of aryl methyl sites for hydroxylation is 1. The van der Waals surface area contributed by atoms with Gasteiger partial charge in [0.25, 0.3) is 0 Å². The summed E-state index contributed by atoms with van der Waals surface area (Å²) < 4.78 is 0. The zero-order chi connectivity index (χ0) is 13.0. The highest BCUT2D eigenvalue weighted by Crippen LogP contribution is 2.70. The lowest BCUT2D eigenvalue weighted by molar-refractivity contribution is 0.365. The second-order valence-electron chi connectivity index (χ2n) is 7.03. The summed E-state index contributed by atoms with van der Waals surface area (Å²) in [7, 11) is 0. The van der Waals surface area contributed by atoms with Crippen molar-refractivity contribution < 1.29 is 0 Å². The molecule has 0 heterocycles. The molecule has 1 aromatic carbocycles. The Bertz CT molecular complexity index is 451. The normalized spacial score (nSPS) is 40.2. The van der Waals surface area contributed by atoms with Gasteiger partial charge in [-0.1, -0.05) is 29.8 Å². The molecule has 3 saturated carbocycles. The summed E-state index contributed by atoms with van der Waals surface area (Å²) >= 11 is 0. The molecule has 0 radical (unpaired) electrons.